The number of rotatable bonds is 3. The Balaban J connectivity index is 2.02. The summed E-state index contributed by atoms with van der Waals surface area (Å²) in [6.07, 6.45) is 6.46. The molecule has 1 aliphatic carbocycles. The molecule has 1 aliphatic rings. The topological polar surface area (TPSA) is 56.0 Å². The quantitative estimate of drug-likeness (QED) is 0.632. The van der Waals surface area contributed by atoms with E-state index in [1.807, 2.05) is 18.2 Å². The minimum absolute atomic E-state index is 0.211. The van der Waals surface area contributed by atoms with E-state index >= 15 is 0 Å². The molecule has 5 heteroatoms. The van der Waals surface area contributed by atoms with Gasteiger partial charge in [-0.25, -0.2) is 0 Å². The van der Waals surface area contributed by atoms with Crippen molar-refractivity contribution in [2.75, 3.05) is 0 Å². The largest absolute Gasteiger partial charge is 0.283 e. The number of hydrogen-bond donors (Lipinski definition) is 0. The van der Waals surface area contributed by atoms with Crippen molar-refractivity contribution in [3.05, 3.63) is 57.9 Å². The van der Waals surface area contributed by atoms with Crippen LogP contribution in [0.5, 0.6) is 0 Å². The van der Waals surface area contributed by atoms with Crippen LogP contribution < -0.4 is 0 Å². The average Bonchev–Trinajstić information content (AvgIpc) is 2.86. The summed E-state index contributed by atoms with van der Waals surface area (Å²) in [7, 11) is 0. The van der Waals surface area contributed by atoms with Crippen LogP contribution in [-0.2, 0) is 12.8 Å². The normalized spacial score (nSPS) is 13.3. The fraction of sp³-hybridized carbons (Fsp3) is 0.214. The molecule has 0 atom stereocenters. The van der Waals surface area contributed by atoms with Gasteiger partial charge in [0.05, 0.1) is 9.82 Å². The molecule has 4 nitrogen and oxygen atoms in total. The second-order valence-electron chi connectivity index (χ2n) is 4.48. The molecule has 2 aromatic rings. The highest BCUT2D eigenvalue weighted by Crippen LogP contribution is 2.38. The standard InChI is InChI=1S/C14H12N2O2S/c17-16(18)13-8-10-2-1-3-11(10)9-14(13)19-12-4-6-15-7-5-12/h4-9H,1-3H2. The maximum absolute atomic E-state index is 11.2. The lowest BCUT2D eigenvalue weighted by Gasteiger charge is -2.06. The van der Waals surface area contributed by atoms with Gasteiger partial charge in [-0.3, -0.25) is 15.1 Å². The maximum Gasteiger partial charge on any atom is 0.283 e. The van der Waals surface area contributed by atoms with Crippen LogP contribution >= 0.6 is 11.8 Å². The van der Waals surface area contributed by atoms with Crippen molar-refractivity contribution in [3.8, 4) is 0 Å². The molecule has 0 fully saturated rings. The number of fused-ring (bicyclic) bond motifs is 1. The highest BCUT2D eigenvalue weighted by atomic mass is 32.2. The molecule has 19 heavy (non-hydrogen) atoms. The Morgan fingerprint density at radius 1 is 1.16 bits per heavy atom. The summed E-state index contributed by atoms with van der Waals surface area (Å²) in [6.45, 7) is 0. The van der Waals surface area contributed by atoms with Crippen LogP contribution in [0.15, 0.2) is 46.5 Å². The van der Waals surface area contributed by atoms with Crippen molar-refractivity contribution in [2.24, 2.45) is 0 Å². The highest BCUT2D eigenvalue weighted by molar-refractivity contribution is 7.99. The number of nitro benzene ring substituents is 1. The molecule has 0 saturated carbocycles. The van der Waals surface area contributed by atoms with E-state index in [4.69, 9.17) is 0 Å². The van der Waals surface area contributed by atoms with Crippen LogP contribution in [0.25, 0.3) is 0 Å². The smallest absolute Gasteiger partial charge is 0.265 e. The predicted molar refractivity (Wildman–Crippen MR) is 73.5 cm³/mol. The van der Waals surface area contributed by atoms with Gasteiger partial charge in [0.1, 0.15) is 0 Å². The van der Waals surface area contributed by atoms with Gasteiger partial charge in [0.25, 0.3) is 5.69 Å². The number of nitrogens with zero attached hydrogens (tertiary/aromatic N) is 2. The number of pyridine rings is 1. The van der Waals surface area contributed by atoms with Crippen LogP contribution in [0, 0.1) is 10.1 Å². The molecule has 1 aromatic heterocycles. The summed E-state index contributed by atoms with van der Waals surface area (Å²) in [5.41, 5.74) is 2.59. The summed E-state index contributed by atoms with van der Waals surface area (Å²) >= 11 is 1.43. The van der Waals surface area contributed by atoms with Crippen molar-refractivity contribution >= 4 is 17.4 Å². The van der Waals surface area contributed by atoms with Crippen LogP contribution in [0.2, 0.25) is 0 Å². The molecular formula is C14H12N2O2S. The van der Waals surface area contributed by atoms with E-state index in [0.717, 1.165) is 34.6 Å². The number of aromatic nitrogens is 1. The molecule has 0 saturated heterocycles. The molecule has 1 heterocycles. The predicted octanol–water partition coefficient (Wildman–Crippen LogP) is 3.63. The molecule has 0 bridgehead atoms. The first-order valence-electron chi connectivity index (χ1n) is 6.12. The zero-order chi connectivity index (χ0) is 13.2. The van der Waals surface area contributed by atoms with Gasteiger partial charge in [0.15, 0.2) is 0 Å². The molecule has 0 radical (unpaired) electrons. The van der Waals surface area contributed by atoms with E-state index < -0.39 is 0 Å². The summed E-state index contributed by atoms with van der Waals surface area (Å²) in [6, 6.07) is 7.45. The summed E-state index contributed by atoms with van der Waals surface area (Å²) < 4.78 is 0. The Morgan fingerprint density at radius 3 is 2.53 bits per heavy atom. The third kappa shape index (κ3) is 2.46. The number of aryl methyl sites for hydroxylation is 2. The van der Waals surface area contributed by atoms with Gasteiger partial charge in [-0.1, -0.05) is 11.8 Å². The molecule has 0 spiro atoms. The average molecular weight is 272 g/mol. The van der Waals surface area contributed by atoms with Crippen molar-refractivity contribution < 1.29 is 4.92 Å². The van der Waals surface area contributed by atoms with Crippen molar-refractivity contribution in [2.45, 2.75) is 29.1 Å². The maximum atomic E-state index is 11.2. The number of benzene rings is 1. The third-order valence-electron chi connectivity index (χ3n) is 3.25. The van der Waals surface area contributed by atoms with Gasteiger partial charge in [-0.2, -0.15) is 0 Å². The van der Waals surface area contributed by atoms with E-state index in [-0.39, 0.29) is 10.6 Å². The van der Waals surface area contributed by atoms with E-state index in [2.05, 4.69) is 4.98 Å². The van der Waals surface area contributed by atoms with Gasteiger partial charge in [-0.15, -0.1) is 0 Å². The van der Waals surface area contributed by atoms with E-state index in [1.165, 1.54) is 17.3 Å². The molecule has 96 valence electrons. The first-order valence-corrected chi connectivity index (χ1v) is 6.94. The van der Waals surface area contributed by atoms with Gasteiger partial charge < -0.3 is 0 Å². The van der Waals surface area contributed by atoms with E-state index in [9.17, 15) is 10.1 Å². The first kappa shape index (κ1) is 12.2. The summed E-state index contributed by atoms with van der Waals surface area (Å²) in [5, 5.41) is 11.2. The fourth-order valence-corrected chi connectivity index (χ4v) is 3.30. The van der Waals surface area contributed by atoms with Crippen molar-refractivity contribution in [1.82, 2.24) is 4.98 Å². The van der Waals surface area contributed by atoms with Crippen LogP contribution in [0.3, 0.4) is 0 Å². The van der Waals surface area contributed by atoms with Crippen LogP contribution in [0.1, 0.15) is 17.5 Å². The Kier molecular flexibility index (Phi) is 3.21. The second-order valence-corrected chi connectivity index (χ2v) is 5.60. The van der Waals surface area contributed by atoms with Crippen LogP contribution in [-0.4, -0.2) is 9.91 Å². The molecule has 3 rings (SSSR count). The minimum atomic E-state index is -0.290. The minimum Gasteiger partial charge on any atom is -0.265 e. The van der Waals surface area contributed by atoms with Crippen molar-refractivity contribution in [3.63, 3.8) is 0 Å². The Morgan fingerprint density at radius 2 is 1.84 bits per heavy atom. The van der Waals surface area contributed by atoms with E-state index in [0.29, 0.717) is 0 Å². The number of hydrogen-bond acceptors (Lipinski definition) is 4. The fourth-order valence-electron chi connectivity index (χ4n) is 2.35. The van der Waals surface area contributed by atoms with Crippen molar-refractivity contribution in [1.29, 1.82) is 0 Å². The van der Waals surface area contributed by atoms with Gasteiger partial charge in [0, 0.05) is 23.4 Å². The van der Waals surface area contributed by atoms with Gasteiger partial charge in [0.2, 0.25) is 0 Å². The molecule has 0 aliphatic heterocycles. The molecular weight excluding hydrogens is 260 g/mol. The Hall–Kier alpha value is -1.88. The van der Waals surface area contributed by atoms with Crippen LogP contribution in [0.4, 0.5) is 5.69 Å². The zero-order valence-electron chi connectivity index (χ0n) is 10.2. The number of nitro groups is 1. The van der Waals surface area contributed by atoms with Gasteiger partial charge in [-0.05, 0) is 48.6 Å². The van der Waals surface area contributed by atoms with Gasteiger partial charge >= 0.3 is 0 Å². The second kappa shape index (κ2) is 5.01. The zero-order valence-corrected chi connectivity index (χ0v) is 11.0. The molecule has 0 N–H and O–H groups in total. The lowest BCUT2D eigenvalue weighted by molar-refractivity contribution is -0.387. The molecule has 0 amide bonds. The highest BCUT2D eigenvalue weighted by Gasteiger charge is 2.21. The third-order valence-corrected chi connectivity index (χ3v) is 4.30. The first-order chi connectivity index (χ1) is 9.24. The Bertz CT molecular complexity index is 629. The lowest BCUT2D eigenvalue weighted by Crippen LogP contribution is -1.94. The SMILES string of the molecule is O=[N+]([O-])c1cc2c(cc1Sc1ccncc1)CCC2. The monoisotopic (exact) mass is 272 g/mol. The lowest BCUT2D eigenvalue weighted by atomic mass is 10.1. The summed E-state index contributed by atoms with van der Waals surface area (Å²) in [5.74, 6) is 0. The summed E-state index contributed by atoms with van der Waals surface area (Å²) in [4.78, 5) is 16.5. The molecule has 0 unspecified atom stereocenters. The van der Waals surface area contributed by atoms with E-state index in [1.54, 1.807) is 18.5 Å². The Labute approximate surface area is 115 Å². The molecule has 1 aromatic carbocycles.